The molecule has 0 aliphatic rings. The minimum atomic E-state index is -0.214. The number of rotatable bonds is 11. The van der Waals surface area contributed by atoms with Crippen LogP contribution >= 0.6 is 0 Å². The highest BCUT2D eigenvalue weighted by Gasteiger charge is 2.09. The first-order valence-corrected chi connectivity index (χ1v) is 10.5. The third kappa shape index (κ3) is 7.05. The number of para-hydroxylation sites is 3. The van der Waals surface area contributed by atoms with Gasteiger partial charge in [0, 0.05) is 17.8 Å². The van der Waals surface area contributed by atoms with Gasteiger partial charge in [-0.2, -0.15) is 0 Å². The van der Waals surface area contributed by atoms with E-state index in [1.165, 1.54) is 0 Å². The Bertz CT molecular complexity index is 1010. The fraction of sp³-hybridized carbons (Fsp3) is 0.200. The average Bonchev–Trinajstić information content (AvgIpc) is 2.82. The number of hydrogen-bond donors (Lipinski definition) is 3. The lowest BCUT2D eigenvalue weighted by atomic mass is 10.2. The smallest absolute Gasteiger partial charge is 0.251 e. The summed E-state index contributed by atoms with van der Waals surface area (Å²) in [5.41, 5.74) is 1.91. The minimum absolute atomic E-state index is 0.0754. The van der Waals surface area contributed by atoms with Crippen molar-refractivity contribution < 1.29 is 19.1 Å². The summed E-state index contributed by atoms with van der Waals surface area (Å²) in [4.78, 5) is 24.2. The van der Waals surface area contributed by atoms with Crippen LogP contribution in [0.5, 0.6) is 11.5 Å². The van der Waals surface area contributed by atoms with Crippen molar-refractivity contribution in [3.63, 3.8) is 0 Å². The van der Waals surface area contributed by atoms with E-state index in [9.17, 15) is 9.59 Å². The van der Waals surface area contributed by atoms with Crippen LogP contribution in [0.4, 0.5) is 11.4 Å². The molecular formula is C25H27N3O4. The molecule has 0 fully saturated rings. The summed E-state index contributed by atoms with van der Waals surface area (Å²) < 4.78 is 11.4. The highest BCUT2D eigenvalue weighted by molar-refractivity contribution is 5.96. The van der Waals surface area contributed by atoms with E-state index in [-0.39, 0.29) is 18.4 Å². The zero-order valence-corrected chi connectivity index (χ0v) is 18.0. The standard InChI is InChI=1S/C25H27N3O4/c1-2-26-25(30)19-12-14-20(15-13-19)27-18-24(29)28-22-10-6-7-11-23(22)32-17-16-31-21-8-4-3-5-9-21/h3-15,27H,2,16-18H2,1H3,(H,26,30)(H,28,29). The molecule has 0 aromatic heterocycles. The molecule has 0 unspecified atom stereocenters. The van der Waals surface area contributed by atoms with Gasteiger partial charge in [0.05, 0.1) is 12.2 Å². The molecule has 2 amide bonds. The maximum Gasteiger partial charge on any atom is 0.251 e. The summed E-state index contributed by atoms with van der Waals surface area (Å²) in [6, 6.07) is 23.7. The lowest BCUT2D eigenvalue weighted by Crippen LogP contribution is -2.23. The normalized spacial score (nSPS) is 10.2. The summed E-state index contributed by atoms with van der Waals surface area (Å²) in [6.07, 6.45) is 0. The number of carbonyl (C=O) groups excluding carboxylic acids is 2. The van der Waals surface area contributed by atoms with Crippen molar-refractivity contribution in [2.75, 3.05) is 36.9 Å². The molecule has 0 saturated carbocycles. The third-order valence-electron chi connectivity index (χ3n) is 4.45. The monoisotopic (exact) mass is 433 g/mol. The van der Waals surface area contributed by atoms with Crippen molar-refractivity contribution in [1.29, 1.82) is 0 Å². The molecule has 0 heterocycles. The minimum Gasteiger partial charge on any atom is -0.490 e. The first-order chi connectivity index (χ1) is 15.7. The molecule has 3 rings (SSSR count). The van der Waals surface area contributed by atoms with Gasteiger partial charge in [0.1, 0.15) is 24.7 Å². The van der Waals surface area contributed by atoms with Crippen molar-refractivity contribution in [2.24, 2.45) is 0 Å². The van der Waals surface area contributed by atoms with Gasteiger partial charge in [0.2, 0.25) is 5.91 Å². The highest BCUT2D eigenvalue weighted by Crippen LogP contribution is 2.23. The van der Waals surface area contributed by atoms with Gasteiger partial charge >= 0.3 is 0 Å². The average molecular weight is 434 g/mol. The summed E-state index contributed by atoms with van der Waals surface area (Å²) in [6.45, 7) is 3.25. The number of hydrogen-bond acceptors (Lipinski definition) is 5. The quantitative estimate of drug-likeness (QED) is 0.399. The van der Waals surface area contributed by atoms with Gasteiger partial charge in [-0.1, -0.05) is 30.3 Å². The van der Waals surface area contributed by atoms with Crippen LogP contribution in [0.15, 0.2) is 78.9 Å². The molecule has 7 heteroatoms. The molecule has 3 N–H and O–H groups in total. The summed E-state index contributed by atoms with van der Waals surface area (Å²) in [5.74, 6) is 1.02. The molecule has 0 atom stereocenters. The largest absolute Gasteiger partial charge is 0.490 e. The zero-order valence-electron chi connectivity index (χ0n) is 18.0. The third-order valence-corrected chi connectivity index (χ3v) is 4.45. The molecule has 0 bridgehead atoms. The number of anilines is 2. The summed E-state index contributed by atoms with van der Waals surface area (Å²) >= 11 is 0. The summed E-state index contributed by atoms with van der Waals surface area (Å²) in [7, 11) is 0. The Hall–Kier alpha value is -4.00. The van der Waals surface area contributed by atoms with Crippen molar-refractivity contribution >= 4 is 23.2 Å². The van der Waals surface area contributed by atoms with E-state index in [2.05, 4.69) is 16.0 Å². The number of nitrogens with one attached hydrogen (secondary N) is 3. The van der Waals surface area contributed by atoms with Crippen LogP contribution in [0.25, 0.3) is 0 Å². The Morgan fingerprint density at radius 2 is 1.50 bits per heavy atom. The number of benzene rings is 3. The first-order valence-electron chi connectivity index (χ1n) is 10.5. The molecule has 0 saturated heterocycles. The van der Waals surface area contributed by atoms with Gasteiger partial charge in [-0.3, -0.25) is 9.59 Å². The van der Waals surface area contributed by atoms with E-state index in [4.69, 9.17) is 9.47 Å². The van der Waals surface area contributed by atoms with E-state index >= 15 is 0 Å². The van der Waals surface area contributed by atoms with Crippen LogP contribution in [-0.2, 0) is 4.79 Å². The fourth-order valence-electron chi connectivity index (χ4n) is 2.90. The lowest BCUT2D eigenvalue weighted by Gasteiger charge is -2.13. The Kier molecular flexibility index (Phi) is 8.50. The van der Waals surface area contributed by atoms with Crippen LogP contribution in [-0.4, -0.2) is 38.1 Å². The van der Waals surface area contributed by atoms with E-state index in [0.29, 0.717) is 36.8 Å². The van der Waals surface area contributed by atoms with E-state index in [0.717, 1.165) is 11.4 Å². The molecule has 0 aliphatic heterocycles. The van der Waals surface area contributed by atoms with Gasteiger partial charge in [-0.25, -0.2) is 0 Å². The molecule has 32 heavy (non-hydrogen) atoms. The van der Waals surface area contributed by atoms with Gasteiger partial charge in [-0.05, 0) is 55.5 Å². The lowest BCUT2D eigenvalue weighted by molar-refractivity contribution is -0.114. The van der Waals surface area contributed by atoms with Gasteiger partial charge < -0.3 is 25.4 Å². The van der Waals surface area contributed by atoms with Crippen LogP contribution in [0.3, 0.4) is 0 Å². The first kappa shape index (κ1) is 22.7. The van der Waals surface area contributed by atoms with Gasteiger partial charge in [-0.15, -0.1) is 0 Å². The Balaban J connectivity index is 1.46. The number of amides is 2. The van der Waals surface area contributed by atoms with Crippen molar-refractivity contribution in [3.8, 4) is 11.5 Å². The van der Waals surface area contributed by atoms with Crippen molar-refractivity contribution in [2.45, 2.75) is 6.92 Å². The van der Waals surface area contributed by atoms with Crippen LogP contribution in [0.2, 0.25) is 0 Å². The second-order valence-electron chi connectivity index (χ2n) is 6.84. The Morgan fingerprint density at radius 1 is 0.812 bits per heavy atom. The van der Waals surface area contributed by atoms with E-state index < -0.39 is 0 Å². The maximum atomic E-state index is 12.4. The molecule has 3 aromatic rings. The molecule has 3 aromatic carbocycles. The van der Waals surface area contributed by atoms with E-state index in [1.807, 2.05) is 49.4 Å². The second-order valence-corrected chi connectivity index (χ2v) is 6.84. The summed E-state index contributed by atoms with van der Waals surface area (Å²) in [5, 5.41) is 8.65. The van der Waals surface area contributed by atoms with Crippen LogP contribution in [0.1, 0.15) is 17.3 Å². The van der Waals surface area contributed by atoms with E-state index in [1.54, 1.807) is 36.4 Å². The maximum absolute atomic E-state index is 12.4. The zero-order chi connectivity index (χ0) is 22.6. The van der Waals surface area contributed by atoms with Gasteiger partial charge in [0.25, 0.3) is 5.91 Å². The second kappa shape index (κ2) is 12.0. The van der Waals surface area contributed by atoms with Crippen molar-refractivity contribution in [3.05, 3.63) is 84.4 Å². The topological polar surface area (TPSA) is 88.7 Å². The van der Waals surface area contributed by atoms with Crippen LogP contribution in [0, 0.1) is 0 Å². The molecule has 0 spiro atoms. The number of ether oxygens (including phenoxy) is 2. The SMILES string of the molecule is CCNC(=O)c1ccc(NCC(=O)Nc2ccccc2OCCOc2ccccc2)cc1. The molecule has 166 valence electrons. The fourth-order valence-corrected chi connectivity index (χ4v) is 2.90. The predicted molar refractivity (Wildman–Crippen MR) is 125 cm³/mol. The molecular weight excluding hydrogens is 406 g/mol. The molecule has 7 nitrogen and oxygen atoms in total. The number of carbonyl (C=O) groups is 2. The molecule has 0 radical (unpaired) electrons. The Morgan fingerprint density at radius 3 is 2.25 bits per heavy atom. The highest BCUT2D eigenvalue weighted by atomic mass is 16.5. The van der Waals surface area contributed by atoms with Crippen LogP contribution < -0.4 is 25.4 Å². The predicted octanol–water partition coefficient (Wildman–Crippen LogP) is 3.94. The van der Waals surface area contributed by atoms with Gasteiger partial charge in [0.15, 0.2) is 0 Å². The molecule has 0 aliphatic carbocycles. The Labute approximate surface area is 187 Å². The van der Waals surface area contributed by atoms with Crippen molar-refractivity contribution in [1.82, 2.24) is 5.32 Å².